The number of rotatable bonds is 3. The molecule has 0 bridgehead atoms. The summed E-state index contributed by atoms with van der Waals surface area (Å²) in [5, 5.41) is 0. The number of benzene rings is 1. The normalized spacial score (nSPS) is 8.36. The summed E-state index contributed by atoms with van der Waals surface area (Å²) in [7, 11) is 0. The third-order valence-electron chi connectivity index (χ3n) is 1.22. The average Bonchev–Trinajstić information content (AvgIpc) is 2.07. The second-order valence-corrected chi connectivity index (χ2v) is 2.03. The number of hydrogen-bond donors (Lipinski definition) is 0. The maximum absolute atomic E-state index is 9.69. The van der Waals surface area contributed by atoms with Crippen LogP contribution in [-0.2, 0) is 16.1 Å². The summed E-state index contributed by atoms with van der Waals surface area (Å²) < 4.78 is 4.82. The highest BCUT2D eigenvalue weighted by Crippen LogP contribution is 1.99. The predicted molar refractivity (Wildman–Crippen MR) is 41.5 cm³/mol. The van der Waals surface area contributed by atoms with Gasteiger partial charge in [-0.05, 0) is 5.56 Å². The van der Waals surface area contributed by atoms with Crippen molar-refractivity contribution in [2.24, 2.45) is 0 Å². The van der Waals surface area contributed by atoms with Crippen LogP contribution in [0.2, 0.25) is 0 Å². The number of hydrogen-bond acceptors (Lipinski definition) is 2. The van der Waals surface area contributed by atoms with Gasteiger partial charge < -0.3 is 4.74 Å². The molecule has 1 aromatic rings. The van der Waals surface area contributed by atoms with Crippen LogP contribution in [0.15, 0.2) is 36.6 Å². The van der Waals surface area contributed by atoms with Crippen molar-refractivity contribution in [3.05, 3.63) is 42.2 Å². The summed E-state index contributed by atoms with van der Waals surface area (Å²) in [4.78, 5) is 9.69. The van der Waals surface area contributed by atoms with Crippen molar-refractivity contribution in [3.8, 4) is 0 Å². The zero-order valence-corrected chi connectivity index (χ0v) is 5.99. The van der Waals surface area contributed by atoms with Gasteiger partial charge in [-0.15, -0.1) is 0 Å². The maximum atomic E-state index is 9.69. The van der Waals surface area contributed by atoms with Gasteiger partial charge in [-0.25, -0.2) is 4.79 Å². The van der Waals surface area contributed by atoms with E-state index in [0.29, 0.717) is 6.61 Å². The van der Waals surface area contributed by atoms with Crippen molar-refractivity contribution in [3.63, 3.8) is 0 Å². The van der Waals surface area contributed by atoms with Crippen molar-refractivity contribution in [2.45, 2.75) is 6.61 Å². The molecule has 0 aromatic heterocycles. The van der Waals surface area contributed by atoms with E-state index in [2.05, 4.69) is 0 Å². The van der Waals surface area contributed by atoms with Crippen molar-refractivity contribution in [1.82, 2.24) is 0 Å². The molecular formula is C9H8O2. The van der Waals surface area contributed by atoms with Crippen molar-refractivity contribution in [1.29, 1.82) is 0 Å². The summed E-state index contributed by atoms with van der Waals surface area (Å²) in [5.41, 5.74) is 1.04. The molecule has 0 saturated heterocycles. The van der Waals surface area contributed by atoms with Crippen molar-refractivity contribution in [2.75, 3.05) is 0 Å². The van der Waals surface area contributed by atoms with E-state index in [4.69, 9.17) is 4.74 Å². The van der Waals surface area contributed by atoms with Gasteiger partial charge in [0.05, 0.1) is 0 Å². The van der Waals surface area contributed by atoms with Crippen LogP contribution < -0.4 is 0 Å². The first kappa shape index (κ1) is 7.58. The summed E-state index contributed by atoms with van der Waals surface area (Å²) in [6.45, 7) is 0.427. The van der Waals surface area contributed by atoms with Crippen LogP contribution >= 0.6 is 0 Å². The third-order valence-corrected chi connectivity index (χ3v) is 1.22. The fraction of sp³-hybridized carbons (Fsp3) is 0.111. The Morgan fingerprint density at radius 1 is 1.36 bits per heavy atom. The van der Waals surface area contributed by atoms with Crippen LogP contribution in [-0.4, -0.2) is 5.94 Å². The number of ether oxygens (including phenoxy) is 1. The molecule has 0 amide bonds. The van der Waals surface area contributed by atoms with Gasteiger partial charge in [0, 0.05) is 0 Å². The first-order valence-corrected chi connectivity index (χ1v) is 3.28. The lowest BCUT2D eigenvalue weighted by Crippen LogP contribution is -1.84. The lowest BCUT2D eigenvalue weighted by Gasteiger charge is -1.97. The summed E-state index contributed by atoms with van der Waals surface area (Å²) in [5.74, 6) is 1.54. The van der Waals surface area contributed by atoms with E-state index in [1.54, 1.807) is 5.94 Å². The molecule has 0 heterocycles. The molecule has 0 saturated carbocycles. The SMILES string of the molecule is O=C=COCc1ccccc1. The zero-order chi connectivity index (χ0) is 7.94. The first-order valence-electron chi connectivity index (χ1n) is 3.28. The highest BCUT2D eigenvalue weighted by atomic mass is 16.5. The fourth-order valence-corrected chi connectivity index (χ4v) is 0.746. The highest BCUT2D eigenvalue weighted by Gasteiger charge is 1.86. The lowest BCUT2D eigenvalue weighted by molar-refractivity contribution is 0.239. The third kappa shape index (κ3) is 2.70. The van der Waals surface area contributed by atoms with Gasteiger partial charge in [-0.2, -0.15) is 0 Å². The van der Waals surface area contributed by atoms with Gasteiger partial charge in [-0.3, -0.25) is 0 Å². The molecule has 0 unspecified atom stereocenters. The Hall–Kier alpha value is -1.53. The zero-order valence-electron chi connectivity index (χ0n) is 5.99. The standard InChI is InChI=1S/C9H8O2/c10-6-7-11-8-9-4-2-1-3-5-9/h1-5,7H,8H2. The second-order valence-electron chi connectivity index (χ2n) is 2.03. The van der Waals surface area contributed by atoms with Crippen LogP contribution in [0.3, 0.4) is 0 Å². The summed E-state index contributed by atoms with van der Waals surface area (Å²) in [6.07, 6.45) is 1.02. The van der Waals surface area contributed by atoms with E-state index in [1.807, 2.05) is 30.3 Å². The number of carbonyl (C=O) groups excluding carboxylic acids is 1. The van der Waals surface area contributed by atoms with Crippen LogP contribution in [0.5, 0.6) is 0 Å². The van der Waals surface area contributed by atoms with E-state index >= 15 is 0 Å². The summed E-state index contributed by atoms with van der Waals surface area (Å²) in [6, 6.07) is 9.63. The molecule has 0 fully saturated rings. The van der Waals surface area contributed by atoms with Crippen LogP contribution in [0.25, 0.3) is 0 Å². The molecule has 0 aliphatic heterocycles. The van der Waals surface area contributed by atoms with Crippen molar-refractivity contribution >= 4 is 5.94 Å². The molecule has 0 spiro atoms. The molecule has 2 heteroatoms. The minimum atomic E-state index is 0.427. The van der Waals surface area contributed by atoms with Crippen LogP contribution in [0.4, 0.5) is 0 Å². The smallest absolute Gasteiger partial charge is 0.167 e. The second kappa shape index (κ2) is 4.31. The molecule has 2 nitrogen and oxygen atoms in total. The molecule has 11 heavy (non-hydrogen) atoms. The Bertz CT molecular complexity index is 248. The monoisotopic (exact) mass is 148 g/mol. The largest absolute Gasteiger partial charge is 0.485 e. The molecule has 0 aliphatic rings. The Balaban J connectivity index is 2.45. The topological polar surface area (TPSA) is 26.3 Å². The van der Waals surface area contributed by atoms with Gasteiger partial charge >= 0.3 is 0 Å². The molecule has 0 atom stereocenters. The molecular weight excluding hydrogens is 140 g/mol. The maximum Gasteiger partial charge on any atom is 0.167 e. The Morgan fingerprint density at radius 2 is 2.09 bits per heavy atom. The van der Waals surface area contributed by atoms with Crippen LogP contribution in [0.1, 0.15) is 5.56 Å². The predicted octanol–water partition coefficient (Wildman–Crippen LogP) is 1.55. The van der Waals surface area contributed by atoms with Crippen LogP contribution in [0, 0.1) is 0 Å². The minimum Gasteiger partial charge on any atom is -0.485 e. The molecule has 0 aliphatic carbocycles. The van der Waals surface area contributed by atoms with E-state index in [9.17, 15) is 4.79 Å². The Kier molecular flexibility index (Phi) is 2.97. The Labute approximate surface area is 65.1 Å². The molecule has 1 aromatic carbocycles. The van der Waals surface area contributed by atoms with Gasteiger partial charge in [0.25, 0.3) is 0 Å². The molecule has 56 valence electrons. The van der Waals surface area contributed by atoms with E-state index in [1.165, 1.54) is 0 Å². The van der Waals surface area contributed by atoms with Gasteiger partial charge in [0.2, 0.25) is 0 Å². The van der Waals surface area contributed by atoms with Gasteiger partial charge in [-0.1, -0.05) is 30.3 Å². The highest BCUT2D eigenvalue weighted by molar-refractivity contribution is 5.42. The molecule has 1 rings (SSSR count). The molecule has 0 N–H and O–H groups in total. The average molecular weight is 148 g/mol. The van der Waals surface area contributed by atoms with E-state index in [-0.39, 0.29) is 0 Å². The first-order chi connectivity index (χ1) is 5.43. The van der Waals surface area contributed by atoms with Crippen molar-refractivity contribution < 1.29 is 9.53 Å². The Morgan fingerprint density at radius 3 is 2.73 bits per heavy atom. The van der Waals surface area contributed by atoms with E-state index < -0.39 is 0 Å². The van der Waals surface area contributed by atoms with Gasteiger partial charge in [0.1, 0.15) is 6.61 Å². The molecule has 0 radical (unpaired) electrons. The minimum absolute atomic E-state index is 0.427. The summed E-state index contributed by atoms with van der Waals surface area (Å²) >= 11 is 0. The van der Waals surface area contributed by atoms with E-state index in [0.717, 1.165) is 11.8 Å². The fourth-order valence-electron chi connectivity index (χ4n) is 0.746. The lowest BCUT2D eigenvalue weighted by atomic mass is 10.2. The van der Waals surface area contributed by atoms with Gasteiger partial charge in [0.15, 0.2) is 12.2 Å². The quantitative estimate of drug-likeness (QED) is 0.480.